The van der Waals surface area contributed by atoms with Crippen molar-refractivity contribution in [3.63, 3.8) is 0 Å². The van der Waals surface area contributed by atoms with Crippen molar-refractivity contribution >= 4 is 24.3 Å². The van der Waals surface area contributed by atoms with Crippen LogP contribution in [-0.2, 0) is 18.3 Å². The Morgan fingerprint density at radius 2 is 2.14 bits per heavy atom. The maximum absolute atomic E-state index is 12.5. The molecule has 9 nitrogen and oxygen atoms in total. The molecule has 3 aromatic rings. The third kappa shape index (κ3) is 4.26. The average Bonchev–Trinajstić information content (AvgIpc) is 3.38. The summed E-state index contributed by atoms with van der Waals surface area (Å²) in [5.41, 5.74) is 0.569. The normalized spacial score (nSPS) is 14.6. The zero-order valence-corrected chi connectivity index (χ0v) is 16.6. The van der Waals surface area contributed by atoms with Crippen LogP contribution in [0.15, 0.2) is 27.2 Å². The molecular formula is C18H23ClN6O3. The van der Waals surface area contributed by atoms with Gasteiger partial charge in [-0.3, -0.25) is 10.1 Å². The third-order valence-electron chi connectivity index (χ3n) is 4.69. The van der Waals surface area contributed by atoms with Gasteiger partial charge in [0.2, 0.25) is 11.9 Å². The first-order chi connectivity index (χ1) is 13.1. The number of carbonyl (C=O) groups excluding carboxylic acids is 1. The number of rotatable bonds is 5. The van der Waals surface area contributed by atoms with Crippen LogP contribution in [0.2, 0.25) is 0 Å². The molecule has 1 fully saturated rings. The Balaban J connectivity index is 0.00000225. The molecule has 1 aliphatic rings. The number of amides is 1. The number of carbonyl (C=O) groups is 1. The molecular weight excluding hydrogens is 384 g/mol. The minimum atomic E-state index is -0.218. The predicted octanol–water partition coefficient (Wildman–Crippen LogP) is 2.44. The molecule has 0 aromatic carbocycles. The van der Waals surface area contributed by atoms with Crippen molar-refractivity contribution in [2.45, 2.75) is 32.1 Å². The Morgan fingerprint density at radius 3 is 2.86 bits per heavy atom. The lowest BCUT2D eigenvalue weighted by atomic mass is 9.98. The van der Waals surface area contributed by atoms with Gasteiger partial charge in [0, 0.05) is 13.0 Å². The van der Waals surface area contributed by atoms with Gasteiger partial charge in [-0.05, 0) is 45.0 Å². The van der Waals surface area contributed by atoms with Crippen molar-refractivity contribution in [3.8, 4) is 11.7 Å². The van der Waals surface area contributed by atoms with Gasteiger partial charge in [-0.2, -0.15) is 10.1 Å². The van der Waals surface area contributed by atoms with Gasteiger partial charge in [0.15, 0.2) is 11.6 Å². The number of piperidine rings is 1. The van der Waals surface area contributed by atoms with E-state index in [1.807, 2.05) is 0 Å². The molecule has 0 radical (unpaired) electrons. The summed E-state index contributed by atoms with van der Waals surface area (Å²) in [6, 6.07) is 3.52. The molecule has 2 N–H and O–H groups in total. The van der Waals surface area contributed by atoms with E-state index in [4.69, 9.17) is 8.83 Å². The number of hydrogen-bond donors (Lipinski definition) is 2. The zero-order valence-electron chi connectivity index (χ0n) is 15.8. The van der Waals surface area contributed by atoms with Crippen LogP contribution in [0.25, 0.3) is 11.7 Å². The van der Waals surface area contributed by atoms with Gasteiger partial charge in [0.25, 0.3) is 5.89 Å². The van der Waals surface area contributed by atoms with E-state index in [2.05, 4.69) is 25.7 Å². The Morgan fingerprint density at radius 1 is 1.36 bits per heavy atom. The molecule has 1 amide bonds. The van der Waals surface area contributed by atoms with Crippen molar-refractivity contribution in [1.82, 2.24) is 25.1 Å². The number of oxazole rings is 1. The fraction of sp³-hybridized carbons (Fsp3) is 0.444. The summed E-state index contributed by atoms with van der Waals surface area (Å²) in [7, 11) is 1.78. The number of anilines is 1. The first kappa shape index (κ1) is 20.1. The Labute approximate surface area is 168 Å². The van der Waals surface area contributed by atoms with Gasteiger partial charge in [-0.15, -0.1) is 12.4 Å². The molecule has 1 saturated heterocycles. The van der Waals surface area contributed by atoms with E-state index >= 15 is 0 Å². The SMILES string of the molecule is Cc1oc(-c2ccco2)nc1CC(=O)Nc1nc(C2CCNCC2)nn1C.Cl. The second-order valence-electron chi connectivity index (χ2n) is 6.67. The molecule has 4 heterocycles. The number of aromatic nitrogens is 4. The lowest BCUT2D eigenvalue weighted by Gasteiger charge is -2.19. The zero-order chi connectivity index (χ0) is 18.8. The highest BCUT2D eigenvalue weighted by molar-refractivity contribution is 5.90. The van der Waals surface area contributed by atoms with E-state index in [1.54, 1.807) is 37.0 Å². The van der Waals surface area contributed by atoms with Gasteiger partial charge < -0.3 is 14.2 Å². The monoisotopic (exact) mass is 406 g/mol. The molecule has 150 valence electrons. The van der Waals surface area contributed by atoms with E-state index in [0.717, 1.165) is 31.8 Å². The maximum Gasteiger partial charge on any atom is 0.263 e. The quantitative estimate of drug-likeness (QED) is 0.669. The third-order valence-corrected chi connectivity index (χ3v) is 4.69. The fourth-order valence-corrected chi connectivity index (χ4v) is 3.18. The molecule has 0 atom stereocenters. The smallest absolute Gasteiger partial charge is 0.263 e. The molecule has 4 rings (SSSR count). The molecule has 3 aromatic heterocycles. The molecule has 28 heavy (non-hydrogen) atoms. The fourth-order valence-electron chi connectivity index (χ4n) is 3.18. The van der Waals surface area contributed by atoms with Crippen molar-refractivity contribution < 1.29 is 13.6 Å². The molecule has 0 aliphatic carbocycles. The van der Waals surface area contributed by atoms with Crippen molar-refractivity contribution in [3.05, 3.63) is 35.7 Å². The Kier molecular flexibility index (Phi) is 6.15. The second kappa shape index (κ2) is 8.57. The van der Waals surface area contributed by atoms with Crippen LogP contribution in [0.5, 0.6) is 0 Å². The number of aryl methyl sites for hydroxylation is 2. The molecule has 0 bridgehead atoms. The highest BCUT2D eigenvalue weighted by Crippen LogP contribution is 2.24. The highest BCUT2D eigenvalue weighted by Gasteiger charge is 2.22. The van der Waals surface area contributed by atoms with E-state index in [1.165, 1.54) is 0 Å². The van der Waals surface area contributed by atoms with E-state index in [9.17, 15) is 4.79 Å². The highest BCUT2D eigenvalue weighted by atomic mass is 35.5. The van der Waals surface area contributed by atoms with Crippen molar-refractivity contribution in [2.75, 3.05) is 18.4 Å². The summed E-state index contributed by atoms with van der Waals surface area (Å²) in [4.78, 5) is 21.3. The van der Waals surface area contributed by atoms with Gasteiger partial charge in [0.05, 0.1) is 18.4 Å². The standard InChI is InChI=1S/C18H22N6O3.ClH/c1-11-13(20-17(27-11)14-4-3-9-26-14)10-15(25)21-18-22-16(23-24(18)2)12-5-7-19-8-6-12;/h3-4,9,12,19H,5-8,10H2,1-2H3,(H,21,22,23,25);1H. The van der Waals surface area contributed by atoms with Crippen LogP contribution in [0.3, 0.4) is 0 Å². The van der Waals surface area contributed by atoms with Crippen LogP contribution in [-0.4, -0.2) is 38.7 Å². The number of halogens is 1. The number of nitrogens with one attached hydrogen (secondary N) is 2. The molecule has 0 saturated carbocycles. The van der Waals surface area contributed by atoms with Crippen LogP contribution in [0.4, 0.5) is 5.95 Å². The minimum Gasteiger partial charge on any atom is -0.459 e. The molecule has 10 heteroatoms. The molecule has 1 aliphatic heterocycles. The Bertz CT molecular complexity index is 927. The van der Waals surface area contributed by atoms with Gasteiger partial charge >= 0.3 is 0 Å². The summed E-state index contributed by atoms with van der Waals surface area (Å²) in [6.07, 6.45) is 3.65. The largest absolute Gasteiger partial charge is 0.459 e. The lowest BCUT2D eigenvalue weighted by Crippen LogP contribution is -2.27. The van der Waals surface area contributed by atoms with Crippen molar-refractivity contribution in [1.29, 1.82) is 0 Å². The van der Waals surface area contributed by atoms with Crippen LogP contribution in [0.1, 0.15) is 36.0 Å². The summed E-state index contributed by atoms with van der Waals surface area (Å²) in [6.45, 7) is 3.71. The van der Waals surface area contributed by atoms with Gasteiger partial charge in [-0.25, -0.2) is 9.67 Å². The molecule has 0 spiro atoms. The van der Waals surface area contributed by atoms with E-state index in [0.29, 0.717) is 35.0 Å². The number of nitrogens with zero attached hydrogens (tertiary/aromatic N) is 4. The van der Waals surface area contributed by atoms with Gasteiger partial charge in [-0.1, -0.05) is 0 Å². The first-order valence-electron chi connectivity index (χ1n) is 9.02. The first-order valence-corrected chi connectivity index (χ1v) is 9.02. The minimum absolute atomic E-state index is 0. The van der Waals surface area contributed by atoms with E-state index in [-0.39, 0.29) is 24.7 Å². The number of hydrogen-bond acceptors (Lipinski definition) is 7. The van der Waals surface area contributed by atoms with Crippen LogP contribution >= 0.6 is 12.4 Å². The Hall–Kier alpha value is -2.65. The summed E-state index contributed by atoms with van der Waals surface area (Å²) in [5, 5.41) is 10.6. The topological polar surface area (TPSA) is 111 Å². The predicted molar refractivity (Wildman–Crippen MR) is 104 cm³/mol. The van der Waals surface area contributed by atoms with E-state index < -0.39 is 0 Å². The summed E-state index contributed by atoms with van der Waals surface area (Å²) in [5.74, 6) is 2.83. The average molecular weight is 407 g/mol. The van der Waals surface area contributed by atoms with Crippen LogP contribution in [0, 0.1) is 6.92 Å². The summed E-state index contributed by atoms with van der Waals surface area (Å²) >= 11 is 0. The van der Waals surface area contributed by atoms with Crippen molar-refractivity contribution in [2.24, 2.45) is 7.05 Å². The maximum atomic E-state index is 12.5. The van der Waals surface area contributed by atoms with Crippen LogP contribution < -0.4 is 10.6 Å². The second-order valence-corrected chi connectivity index (χ2v) is 6.67. The van der Waals surface area contributed by atoms with Gasteiger partial charge in [0.1, 0.15) is 5.76 Å². The number of furan rings is 1. The lowest BCUT2D eigenvalue weighted by molar-refractivity contribution is -0.115. The molecule has 0 unspecified atom stereocenters. The summed E-state index contributed by atoms with van der Waals surface area (Å²) < 4.78 is 12.5.